The predicted molar refractivity (Wildman–Crippen MR) is 52.9 cm³/mol. The third-order valence-corrected chi connectivity index (χ3v) is 2.30. The number of aromatic amines is 1. The van der Waals surface area contributed by atoms with E-state index in [9.17, 15) is 4.79 Å². The molecule has 0 atom stereocenters. The molecule has 0 spiro atoms. The van der Waals surface area contributed by atoms with E-state index in [1.807, 2.05) is 0 Å². The standard InChI is InChI=1S/C7H3BrClN3O/c8-6-5-3(1-4(9)12-6)7(13)11-2-10-5/h1-2H,(H,10,11,13). The number of aromatic nitrogens is 3. The average molecular weight is 260 g/mol. The van der Waals surface area contributed by atoms with Gasteiger partial charge in [0, 0.05) is 0 Å². The number of halogens is 2. The molecule has 0 aliphatic carbocycles. The van der Waals surface area contributed by atoms with Gasteiger partial charge in [-0.1, -0.05) is 11.6 Å². The van der Waals surface area contributed by atoms with E-state index >= 15 is 0 Å². The largest absolute Gasteiger partial charge is 0.313 e. The number of fused-ring (bicyclic) bond motifs is 1. The maximum Gasteiger partial charge on any atom is 0.258 e. The molecule has 0 radical (unpaired) electrons. The summed E-state index contributed by atoms with van der Waals surface area (Å²) in [5.74, 6) is 0. The normalized spacial score (nSPS) is 10.6. The molecule has 0 aliphatic rings. The van der Waals surface area contributed by atoms with Crippen molar-refractivity contribution >= 4 is 38.4 Å². The van der Waals surface area contributed by atoms with Gasteiger partial charge in [-0.25, -0.2) is 9.97 Å². The zero-order valence-electron chi connectivity index (χ0n) is 6.21. The molecule has 0 saturated heterocycles. The first kappa shape index (κ1) is 8.65. The van der Waals surface area contributed by atoms with Crippen LogP contribution in [0.15, 0.2) is 21.8 Å². The lowest BCUT2D eigenvalue weighted by Gasteiger charge is -1.97. The van der Waals surface area contributed by atoms with Gasteiger partial charge in [0.05, 0.1) is 11.7 Å². The monoisotopic (exact) mass is 259 g/mol. The number of hydrogen-bond acceptors (Lipinski definition) is 3. The second kappa shape index (κ2) is 3.08. The summed E-state index contributed by atoms with van der Waals surface area (Å²) < 4.78 is 0.473. The molecule has 4 nitrogen and oxygen atoms in total. The Labute approximate surface area is 86.1 Å². The molecule has 0 fully saturated rings. The topological polar surface area (TPSA) is 58.6 Å². The van der Waals surface area contributed by atoms with E-state index in [4.69, 9.17) is 11.6 Å². The highest BCUT2D eigenvalue weighted by atomic mass is 79.9. The summed E-state index contributed by atoms with van der Waals surface area (Å²) in [4.78, 5) is 21.6. The average Bonchev–Trinajstić information content (AvgIpc) is 2.07. The first-order valence-electron chi connectivity index (χ1n) is 3.38. The van der Waals surface area contributed by atoms with Crippen molar-refractivity contribution in [1.82, 2.24) is 15.0 Å². The molecule has 0 unspecified atom stereocenters. The van der Waals surface area contributed by atoms with Gasteiger partial charge in [-0.05, 0) is 22.0 Å². The second-order valence-electron chi connectivity index (χ2n) is 2.36. The Bertz CT molecular complexity index is 525. The summed E-state index contributed by atoms with van der Waals surface area (Å²) in [6.45, 7) is 0. The Morgan fingerprint density at radius 2 is 2.31 bits per heavy atom. The van der Waals surface area contributed by atoms with Crippen LogP contribution in [0.2, 0.25) is 5.15 Å². The highest BCUT2D eigenvalue weighted by Gasteiger charge is 2.05. The molecule has 2 heterocycles. The van der Waals surface area contributed by atoms with Gasteiger partial charge in [0.25, 0.3) is 5.56 Å². The van der Waals surface area contributed by atoms with Crippen molar-refractivity contribution in [2.24, 2.45) is 0 Å². The molecule has 1 N–H and O–H groups in total. The number of rotatable bonds is 0. The molecule has 0 bridgehead atoms. The van der Waals surface area contributed by atoms with Gasteiger partial charge in [-0.15, -0.1) is 0 Å². The molecular formula is C7H3BrClN3O. The van der Waals surface area contributed by atoms with E-state index in [-0.39, 0.29) is 10.7 Å². The minimum absolute atomic E-state index is 0.227. The van der Waals surface area contributed by atoms with Gasteiger partial charge in [0.1, 0.15) is 15.3 Å². The molecule has 0 amide bonds. The zero-order valence-corrected chi connectivity index (χ0v) is 8.56. The van der Waals surface area contributed by atoms with E-state index in [0.717, 1.165) is 0 Å². The van der Waals surface area contributed by atoms with Crippen molar-refractivity contribution in [3.63, 3.8) is 0 Å². The lowest BCUT2D eigenvalue weighted by atomic mass is 10.3. The van der Waals surface area contributed by atoms with Gasteiger partial charge in [-0.2, -0.15) is 0 Å². The Morgan fingerprint density at radius 1 is 1.54 bits per heavy atom. The lowest BCUT2D eigenvalue weighted by Crippen LogP contribution is -2.06. The van der Waals surface area contributed by atoms with E-state index in [0.29, 0.717) is 15.5 Å². The van der Waals surface area contributed by atoms with E-state index in [1.54, 1.807) is 0 Å². The molecular weight excluding hydrogens is 257 g/mol. The van der Waals surface area contributed by atoms with Gasteiger partial charge < -0.3 is 4.98 Å². The van der Waals surface area contributed by atoms with E-state index in [1.165, 1.54) is 12.4 Å². The van der Waals surface area contributed by atoms with Crippen LogP contribution in [0.4, 0.5) is 0 Å². The first-order chi connectivity index (χ1) is 6.18. The van der Waals surface area contributed by atoms with Crippen LogP contribution >= 0.6 is 27.5 Å². The van der Waals surface area contributed by atoms with Crippen LogP contribution in [0.5, 0.6) is 0 Å². The van der Waals surface area contributed by atoms with Crippen molar-refractivity contribution in [3.05, 3.63) is 32.5 Å². The van der Waals surface area contributed by atoms with Crippen LogP contribution in [-0.2, 0) is 0 Å². The van der Waals surface area contributed by atoms with Crippen LogP contribution in [0.25, 0.3) is 10.9 Å². The lowest BCUT2D eigenvalue weighted by molar-refractivity contribution is 1.15. The van der Waals surface area contributed by atoms with Crippen LogP contribution in [-0.4, -0.2) is 15.0 Å². The number of hydrogen-bond donors (Lipinski definition) is 1. The molecule has 2 aromatic heterocycles. The highest BCUT2D eigenvalue weighted by molar-refractivity contribution is 9.10. The maximum absolute atomic E-state index is 11.3. The fraction of sp³-hybridized carbons (Fsp3) is 0. The first-order valence-corrected chi connectivity index (χ1v) is 4.55. The van der Waals surface area contributed by atoms with Gasteiger partial charge >= 0.3 is 0 Å². The molecule has 0 saturated carbocycles. The smallest absolute Gasteiger partial charge is 0.258 e. The van der Waals surface area contributed by atoms with Crippen LogP contribution in [0, 0.1) is 0 Å². The number of nitrogens with zero attached hydrogens (tertiary/aromatic N) is 2. The number of pyridine rings is 1. The summed E-state index contributed by atoms with van der Waals surface area (Å²) in [6, 6.07) is 1.48. The fourth-order valence-corrected chi connectivity index (χ4v) is 1.81. The quantitative estimate of drug-likeness (QED) is 0.734. The Hall–Kier alpha value is -0.940. The van der Waals surface area contributed by atoms with Crippen molar-refractivity contribution in [1.29, 1.82) is 0 Å². The third-order valence-electron chi connectivity index (χ3n) is 1.55. The van der Waals surface area contributed by atoms with E-state index in [2.05, 4.69) is 30.9 Å². The van der Waals surface area contributed by atoms with Crippen LogP contribution < -0.4 is 5.56 Å². The van der Waals surface area contributed by atoms with Gasteiger partial charge in [-0.3, -0.25) is 4.79 Å². The third kappa shape index (κ3) is 1.45. The molecule has 13 heavy (non-hydrogen) atoms. The SMILES string of the molecule is O=c1[nH]cnc2c(Br)nc(Cl)cc12. The number of H-pyrrole nitrogens is 1. The second-order valence-corrected chi connectivity index (χ2v) is 3.50. The molecule has 0 aromatic carbocycles. The van der Waals surface area contributed by atoms with Crippen molar-refractivity contribution < 1.29 is 0 Å². The maximum atomic E-state index is 11.3. The Morgan fingerprint density at radius 3 is 3.08 bits per heavy atom. The molecule has 2 aromatic rings. The van der Waals surface area contributed by atoms with Crippen molar-refractivity contribution in [3.8, 4) is 0 Å². The molecule has 66 valence electrons. The summed E-state index contributed by atoms with van der Waals surface area (Å²) >= 11 is 8.85. The van der Waals surface area contributed by atoms with Gasteiger partial charge in [0.15, 0.2) is 0 Å². The van der Waals surface area contributed by atoms with Crippen LogP contribution in [0.1, 0.15) is 0 Å². The van der Waals surface area contributed by atoms with Crippen molar-refractivity contribution in [2.45, 2.75) is 0 Å². The zero-order chi connectivity index (χ0) is 9.42. The molecule has 2 rings (SSSR count). The van der Waals surface area contributed by atoms with E-state index < -0.39 is 0 Å². The summed E-state index contributed by atoms with van der Waals surface area (Å²) in [5, 5.41) is 0.687. The minimum Gasteiger partial charge on any atom is -0.313 e. The Kier molecular flexibility index (Phi) is 2.05. The van der Waals surface area contributed by atoms with Gasteiger partial charge in [0.2, 0.25) is 0 Å². The molecule has 6 heteroatoms. The fourth-order valence-electron chi connectivity index (χ4n) is 1.01. The van der Waals surface area contributed by atoms with Crippen LogP contribution in [0.3, 0.4) is 0 Å². The molecule has 0 aliphatic heterocycles. The summed E-state index contributed by atoms with van der Waals surface area (Å²) in [6.07, 6.45) is 1.32. The number of nitrogens with one attached hydrogen (secondary N) is 1. The summed E-state index contributed by atoms with van der Waals surface area (Å²) in [5.41, 5.74) is 0.281. The summed E-state index contributed by atoms with van der Waals surface area (Å²) in [7, 11) is 0. The highest BCUT2D eigenvalue weighted by Crippen LogP contribution is 2.19. The predicted octanol–water partition coefficient (Wildman–Crippen LogP) is 1.73. The Balaban J connectivity index is 3.03. The minimum atomic E-state index is -0.227. The van der Waals surface area contributed by atoms with Crippen molar-refractivity contribution in [2.75, 3.05) is 0 Å².